The number of amides is 1. The van der Waals surface area contributed by atoms with Gasteiger partial charge in [-0.2, -0.15) is 0 Å². The van der Waals surface area contributed by atoms with Gasteiger partial charge in [0.05, 0.1) is 22.5 Å². The first-order valence-corrected chi connectivity index (χ1v) is 13.4. The van der Waals surface area contributed by atoms with Crippen molar-refractivity contribution in [1.29, 1.82) is 0 Å². The molecule has 1 N–H and O–H groups in total. The first kappa shape index (κ1) is 29.1. The van der Waals surface area contributed by atoms with Gasteiger partial charge in [0, 0.05) is 45.5 Å². The van der Waals surface area contributed by atoms with Crippen LogP contribution in [0.25, 0.3) is 11.3 Å². The van der Waals surface area contributed by atoms with Crippen molar-refractivity contribution in [2.45, 2.75) is 46.6 Å². The van der Waals surface area contributed by atoms with Crippen molar-refractivity contribution in [1.82, 2.24) is 19.8 Å². The zero-order valence-electron chi connectivity index (χ0n) is 23.8. The smallest absolute Gasteiger partial charge is 0.219 e. The molecule has 0 aliphatic carbocycles. The molecule has 0 bridgehead atoms. The lowest BCUT2D eigenvalue weighted by Gasteiger charge is -2.39. The molecular formula is C30H36F2N6O2. The van der Waals surface area contributed by atoms with Crippen molar-refractivity contribution in [3.05, 3.63) is 65.0 Å². The van der Waals surface area contributed by atoms with Gasteiger partial charge in [0.1, 0.15) is 23.1 Å². The number of phenolic OH excluding ortho intramolecular Hbond substituents is 1. The van der Waals surface area contributed by atoms with Crippen LogP contribution in [0.3, 0.4) is 0 Å². The second kappa shape index (κ2) is 12.1. The van der Waals surface area contributed by atoms with E-state index in [1.807, 2.05) is 24.8 Å². The van der Waals surface area contributed by atoms with Crippen LogP contribution in [-0.2, 0) is 4.79 Å². The van der Waals surface area contributed by atoms with Crippen LogP contribution < -0.4 is 4.90 Å². The first-order chi connectivity index (χ1) is 19.1. The van der Waals surface area contributed by atoms with Gasteiger partial charge in [-0.3, -0.25) is 24.6 Å². The Bertz CT molecular complexity index is 1400. The molecule has 1 aliphatic rings. The van der Waals surface area contributed by atoms with E-state index in [9.17, 15) is 14.3 Å². The summed E-state index contributed by atoms with van der Waals surface area (Å²) >= 11 is 0. The maximum Gasteiger partial charge on any atom is 0.219 e. The largest absolute Gasteiger partial charge is 0.507 e. The summed E-state index contributed by atoms with van der Waals surface area (Å²) in [6.45, 7) is 12.9. The summed E-state index contributed by atoms with van der Waals surface area (Å²) in [7, 11) is 1.61. The molecular weight excluding hydrogens is 514 g/mol. The Balaban J connectivity index is 1.97. The molecule has 4 rings (SSSR count). The number of anilines is 2. The van der Waals surface area contributed by atoms with Crippen molar-refractivity contribution in [3.63, 3.8) is 0 Å². The van der Waals surface area contributed by atoms with Gasteiger partial charge in [-0.15, -0.1) is 0 Å². The summed E-state index contributed by atoms with van der Waals surface area (Å²) in [5.41, 5.74) is 1.41. The van der Waals surface area contributed by atoms with Crippen molar-refractivity contribution >= 4 is 23.8 Å². The Morgan fingerprint density at radius 3 is 2.38 bits per heavy atom. The Morgan fingerprint density at radius 2 is 1.80 bits per heavy atom. The average molecular weight is 551 g/mol. The number of rotatable bonds is 7. The van der Waals surface area contributed by atoms with Gasteiger partial charge >= 0.3 is 0 Å². The third-order valence-corrected chi connectivity index (χ3v) is 7.32. The molecule has 2 aromatic heterocycles. The van der Waals surface area contributed by atoms with Gasteiger partial charge in [0.25, 0.3) is 0 Å². The fourth-order valence-electron chi connectivity index (χ4n) is 5.20. The van der Waals surface area contributed by atoms with E-state index in [-0.39, 0.29) is 22.9 Å². The molecule has 1 amide bonds. The monoisotopic (exact) mass is 550 g/mol. The number of carbonyl (C=O) groups is 1. The van der Waals surface area contributed by atoms with Gasteiger partial charge < -0.3 is 10.0 Å². The maximum absolute atomic E-state index is 15.8. The van der Waals surface area contributed by atoms with E-state index in [4.69, 9.17) is 0 Å². The van der Waals surface area contributed by atoms with Crippen LogP contribution in [0.1, 0.15) is 50.4 Å². The summed E-state index contributed by atoms with van der Waals surface area (Å²) in [5, 5.41) is 10.5. The number of hydrogen-bond donors (Lipinski definition) is 1. The summed E-state index contributed by atoms with van der Waals surface area (Å²) < 4.78 is 30.7. The van der Waals surface area contributed by atoms with Crippen molar-refractivity contribution in [2.75, 3.05) is 38.1 Å². The third-order valence-electron chi connectivity index (χ3n) is 7.32. The number of piperazine rings is 1. The molecule has 0 spiro atoms. The van der Waals surface area contributed by atoms with Gasteiger partial charge in [-0.1, -0.05) is 19.9 Å². The SMILES string of the molecule is CN=C(c1cc(F)c(-c2c(O)cccc2F)nc1N(C=O)c1c(C(C)C)ccnc1C)N1CCN(C(C)C)CC1. The van der Waals surface area contributed by atoms with E-state index in [2.05, 4.69) is 33.7 Å². The van der Waals surface area contributed by atoms with E-state index >= 15 is 4.39 Å². The summed E-state index contributed by atoms with van der Waals surface area (Å²) in [6.07, 6.45) is 2.28. The predicted molar refractivity (Wildman–Crippen MR) is 153 cm³/mol. The topological polar surface area (TPSA) is 85.2 Å². The van der Waals surface area contributed by atoms with Gasteiger partial charge in [0.2, 0.25) is 6.41 Å². The molecule has 0 saturated carbocycles. The number of nitrogens with zero attached hydrogens (tertiary/aromatic N) is 6. The summed E-state index contributed by atoms with van der Waals surface area (Å²) in [4.78, 5) is 32.0. The van der Waals surface area contributed by atoms with Crippen LogP contribution in [-0.4, -0.2) is 76.4 Å². The zero-order valence-corrected chi connectivity index (χ0v) is 23.8. The van der Waals surface area contributed by atoms with Crippen LogP contribution in [0, 0.1) is 18.6 Å². The summed E-state index contributed by atoms with van der Waals surface area (Å²) in [5.74, 6) is -1.58. The highest BCUT2D eigenvalue weighted by Gasteiger charge is 2.30. The van der Waals surface area contributed by atoms with Gasteiger partial charge in [-0.25, -0.2) is 13.8 Å². The average Bonchev–Trinajstić information content (AvgIpc) is 2.92. The number of halogens is 2. The normalized spacial score (nSPS) is 14.8. The molecule has 8 nitrogen and oxygen atoms in total. The van der Waals surface area contributed by atoms with Crippen LogP contribution in [0.2, 0.25) is 0 Å². The Morgan fingerprint density at radius 1 is 1.10 bits per heavy atom. The Hall–Kier alpha value is -3.92. The number of benzene rings is 1. The number of pyridine rings is 2. The lowest BCUT2D eigenvalue weighted by atomic mass is 10.00. The molecule has 1 saturated heterocycles. The molecule has 40 heavy (non-hydrogen) atoms. The number of aromatic hydroxyl groups is 1. The summed E-state index contributed by atoms with van der Waals surface area (Å²) in [6, 6.07) is 7.15. The lowest BCUT2D eigenvalue weighted by molar-refractivity contribution is -0.106. The van der Waals surface area contributed by atoms with Gasteiger partial charge in [-0.05, 0) is 56.5 Å². The van der Waals surface area contributed by atoms with E-state index in [0.717, 1.165) is 24.7 Å². The van der Waals surface area contributed by atoms with E-state index < -0.39 is 23.1 Å². The molecule has 0 unspecified atom stereocenters. The maximum atomic E-state index is 15.8. The lowest BCUT2D eigenvalue weighted by Crippen LogP contribution is -2.51. The van der Waals surface area contributed by atoms with Crippen molar-refractivity contribution in [2.24, 2.45) is 4.99 Å². The number of phenols is 1. The zero-order chi connectivity index (χ0) is 29.1. The number of aryl methyl sites for hydroxylation is 1. The minimum Gasteiger partial charge on any atom is -0.507 e. The Labute approximate surface area is 234 Å². The van der Waals surface area contributed by atoms with Crippen molar-refractivity contribution in [3.8, 4) is 17.0 Å². The predicted octanol–water partition coefficient (Wildman–Crippen LogP) is 5.26. The number of carbonyl (C=O) groups excluding carboxylic acids is 1. The molecule has 3 heterocycles. The minimum atomic E-state index is -0.848. The van der Waals surface area contributed by atoms with Gasteiger partial charge in [0.15, 0.2) is 11.6 Å². The van der Waals surface area contributed by atoms with E-state index in [1.54, 1.807) is 20.2 Å². The second-order valence-corrected chi connectivity index (χ2v) is 10.5. The standard InChI is InChI=1S/C30H36F2N6O2/c1-18(2)21-10-11-34-20(5)28(21)38(17-39)30-22(29(33-6)37-14-12-36(13-15-37)19(3)4)16-24(32)27(35-30)26-23(31)8-7-9-25(26)40/h7-11,16-19,40H,12-15H2,1-6H3. The van der Waals surface area contributed by atoms with E-state index in [1.165, 1.54) is 23.1 Å². The second-order valence-electron chi connectivity index (χ2n) is 10.5. The minimum absolute atomic E-state index is 0.0292. The molecule has 0 radical (unpaired) electrons. The number of hydrogen-bond acceptors (Lipinski definition) is 6. The molecule has 0 atom stereocenters. The Kier molecular flexibility index (Phi) is 8.78. The molecule has 1 aliphatic heterocycles. The molecule has 212 valence electrons. The molecule has 1 fully saturated rings. The highest BCUT2D eigenvalue weighted by molar-refractivity contribution is 6.06. The highest BCUT2D eigenvalue weighted by Crippen LogP contribution is 2.39. The quantitative estimate of drug-likeness (QED) is 0.246. The third kappa shape index (κ3) is 5.54. The fourth-order valence-corrected chi connectivity index (χ4v) is 5.20. The molecule has 3 aromatic rings. The number of aliphatic imine (C=N–C) groups is 1. The number of amidine groups is 1. The van der Waals surface area contributed by atoms with Crippen LogP contribution in [0.4, 0.5) is 20.3 Å². The van der Waals surface area contributed by atoms with E-state index in [0.29, 0.717) is 42.8 Å². The highest BCUT2D eigenvalue weighted by atomic mass is 19.1. The van der Waals surface area contributed by atoms with Crippen LogP contribution >= 0.6 is 0 Å². The first-order valence-electron chi connectivity index (χ1n) is 13.4. The van der Waals surface area contributed by atoms with Crippen LogP contribution in [0.15, 0.2) is 41.5 Å². The molecule has 1 aromatic carbocycles. The van der Waals surface area contributed by atoms with Crippen molar-refractivity contribution < 1.29 is 18.7 Å². The molecule has 10 heteroatoms. The number of aromatic nitrogens is 2. The van der Waals surface area contributed by atoms with Crippen LogP contribution in [0.5, 0.6) is 5.75 Å². The fraction of sp³-hybridized carbons (Fsp3) is 0.400.